The largest absolute Gasteiger partial charge is 0.480 e. The van der Waals surface area contributed by atoms with Crippen LogP contribution in [0.25, 0.3) is 12.2 Å². The van der Waals surface area contributed by atoms with Crippen LogP contribution in [0, 0.1) is 0 Å². The van der Waals surface area contributed by atoms with Crippen molar-refractivity contribution in [2.75, 3.05) is 11.8 Å². The second-order valence-electron chi connectivity index (χ2n) is 3.97. The van der Waals surface area contributed by atoms with Gasteiger partial charge in [0, 0.05) is 16.2 Å². The summed E-state index contributed by atoms with van der Waals surface area (Å²) in [6, 6.07) is 3.89. The molecule has 0 atom stereocenters. The highest BCUT2D eigenvalue weighted by molar-refractivity contribution is 9.10. The molecule has 0 aliphatic heterocycles. The molecule has 2 rings (SSSR count). The number of hydrogen-bond donors (Lipinski definition) is 1. The summed E-state index contributed by atoms with van der Waals surface area (Å²) in [5.74, 6) is 0.565. The fraction of sp³-hybridized carbons (Fsp3) is 0.0667. The van der Waals surface area contributed by atoms with Crippen molar-refractivity contribution in [1.29, 1.82) is 0 Å². The van der Waals surface area contributed by atoms with Crippen LogP contribution in [-0.4, -0.2) is 17.1 Å². The maximum Gasteiger partial charge on any atom is 0.228 e. The van der Waals surface area contributed by atoms with Crippen LogP contribution in [0.15, 0.2) is 47.1 Å². The molecule has 0 saturated carbocycles. The van der Waals surface area contributed by atoms with Gasteiger partial charge in [-0.2, -0.15) is 0 Å². The van der Waals surface area contributed by atoms with Crippen molar-refractivity contribution in [3.63, 3.8) is 0 Å². The fourth-order valence-corrected chi connectivity index (χ4v) is 2.86. The maximum atomic E-state index is 5.23. The van der Waals surface area contributed by atoms with Crippen molar-refractivity contribution in [3.05, 3.63) is 53.4 Å². The molecule has 0 radical (unpaired) electrons. The third kappa shape index (κ3) is 3.86. The number of pyridine rings is 2. The Morgan fingerprint density at radius 2 is 2.05 bits per heavy atom. The predicted octanol–water partition coefficient (Wildman–Crippen LogP) is 4.65. The lowest BCUT2D eigenvalue weighted by Crippen LogP contribution is -1.95. The summed E-state index contributed by atoms with van der Waals surface area (Å²) in [5, 5.41) is 0. The number of halogens is 1. The molecular formula is C15H14BrN3OS. The number of anilines is 1. The second-order valence-corrected chi connectivity index (χ2v) is 5.74. The summed E-state index contributed by atoms with van der Waals surface area (Å²) < 4.78 is 9.34. The van der Waals surface area contributed by atoms with E-state index < -0.39 is 0 Å². The lowest BCUT2D eigenvalue weighted by Gasteiger charge is -2.10. The molecule has 2 aromatic rings. The molecule has 0 aliphatic carbocycles. The quantitative estimate of drug-likeness (QED) is 0.756. The first kappa shape index (κ1) is 15.6. The molecule has 6 heteroatoms. The van der Waals surface area contributed by atoms with E-state index in [2.05, 4.69) is 43.8 Å². The predicted molar refractivity (Wildman–Crippen MR) is 92.4 cm³/mol. The minimum atomic E-state index is 0.565. The topological polar surface area (TPSA) is 47.0 Å². The van der Waals surface area contributed by atoms with E-state index in [1.165, 1.54) is 11.9 Å². The van der Waals surface area contributed by atoms with E-state index in [1.807, 2.05) is 12.1 Å². The van der Waals surface area contributed by atoms with Crippen LogP contribution in [0.1, 0.15) is 11.3 Å². The van der Waals surface area contributed by atoms with Crippen LogP contribution in [0.2, 0.25) is 0 Å². The molecule has 0 aromatic carbocycles. The Bertz CT molecular complexity index is 676. The molecule has 0 spiro atoms. The summed E-state index contributed by atoms with van der Waals surface area (Å²) in [5.41, 5.74) is 2.60. The molecule has 1 N–H and O–H groups in total. The van der Waals surface area contributed by atoms with E-state index in [-0.39, 0.29) is 0 Å². The van der Waals surface area contributed by atoms with Crippen molar-refractivity contribution >= 4 is 45.7 Å². The Balaban J connectivity index is 2.18. The highest BCUT2D eigenvalue weighted by Gasteiger charge is 2.07. The van der Waals surface area contributed by atoms with Crippen molar-refractivity contribution in [1.82, 2.24) is 9.97 Å². The Labute approximate surface area is 136 Å². The summed E-state index contributed by atoms with van der Waals surface area (Å²) in [7, 11) is 1.59. The second kappa shape index (κ2) is 7.28. The highest BCUT2D eigenvalue weighted by atomic mass is 79.9. The maximum absolute atomic E-state index is 5.23. The van der Waals surface area contributed by atoms with Crippen molar-refractivity contribution < 1.29 is 4.74 Å². The van der Waals surface area contributed by atoms with Gasteiger partial charge in [0.05, 0.1) is 29.6 Å². The van der Waals surface area contributed by atoms with Gasteiger partial charge in [0.2, 0.25) is 5.88 Å². The first-order chi connectivity index (χ1) is 10.2. The lowest BCUT2D eigenvalue weighted by molar-refractivity contribution is 0.387. The zero-order valence-corrected chi connectivity index (χ0v) is 13.9. The molecule has 21 heavy (non-hydrogen) atoms. The third-order valence-corrected chi connectivity index (χ3v) is 3.90. The van der Waals surface area contributed by atoms with Crippen LogP contribution < -0.4 is 9.46 Å². The molecule has 0 aliphatic rings. The molecule has 2 heterocycles. The van der Waals surface area contributed by atoms with Gasteiger partial charge in [-0.05, 0) is 46.1 Å². The minimum absolute atomic E-state index is 0.565. The third-order valence-electron chi connectivity index (χ3n) is 2.62. The SMILES string of the molecule is C=Cc1cc(NSc2cc(Br)cnc2OC)cnc1C=C. The average molecular weight is 364 g/mol. The first-order valence-corrected chi connectivity index (χ1v) is 7.66. The Hall–Kier alpha value is -1.79. The van der Waals surface area contributed by atoms with E-state index in [0.717, 1.165) is 26.3 Å². The summed E-state index contributed by atoms with van der Waals surface area (Å²) in [4.78, 5) is 9.39. The molecule has 0 amide bonds. The van der Waals surface area contributed by atoms with Gasteiger partial charge in [0.25, 0.3) is 0 Å². The monoisotopic (exact) mass is 363 g/mol. The Kier molecular flexibility index (Phi) is 5.41. The number of hydrogen-bond acceptors (Lipinski definition) is 5. The molecule has 0 unspecified atom stereocenters. The van der Waals surface area contributed by atoms with Gasteiger partial charge in [-0.1, -0.05) is 19.2 Å². The van der Waals surface area contributed by atoms with Gasteiger partial charge in [0.15, 0.2) is 0 Å². The number of ether oxygens (including phenoxy) is 1. The van der Waals surface area contributed by atoms with E-state index in [0.29, 0.717) is 5.88 Å². The summed E-state index contributed by atoms with van der Waals surface area (Å²) >= 11 is 4.80. The van der Waals surface area contributed by atoms with E-state index in [9.17, 15) is 0 Å². The molecule has 2 aromatic heterocycles. The van der Waals surface area contributed by atoms with Crippen LogP contribution in [0.3, 0.4) is 0 Å². The van der Waals surface area contributed by atoms with Gasteiger partial charge in [-0.3, -0.25) is 4.98 Å². The normalized spacial score (nSPS) is 10.0. The van der Waals surface area contributed by atoms with Crippen molar-refractivity contribution in [2.45, 2.75) is 4.90 Å². The molecule has 0 fully saturated rings. The standard InChI is InChI=1S/C15H14BrN3OS/c1-4-10-6-12(9-17-13(10)5-2)19-21-14-7-11(16)8-18-15(14)20-3/h4-9,19H,1-2H2,3H3. The first-order valence-electron chi connectivity index (χ1n) is 6.05. The van der Waals surface area contributed by atoms with Crippen LogP contribution in [-0.2, 0) is 0 Å². The number of methoxy groups -OCH3 is 1. The average Bonchev–Trinajstić information content (AvgIpc) is 2.52. The summed E-state index contributed by atoms with van der Waals surface area (Å²) in [6.07, 6.45) is 6.89. The molecule has 4 nitrogen and oxygen atoms in total. The van der Waals surface area contributed by atoms with Crippen LogP contribution >= 0.6 is 27.9 Å². The zero-order chi connectivity index (χ0) is 15.2. The van der Waals surface area contributed by atoms with Gasteiger partial charge in [-0.15, -0.1) is 0 Å². The molecular weight excluding hydrogens is 350 g/mol. The van der Waals surface area contributed by atoms with Gasteiger partial charge < -0.3 is 9.46 Å². The lowest BCUT2D eigenvalue weighted by atomic mass is 10.2. The van der Waals surface area contributed by atoms with Gasteiger partial charge >= 0.3 is 0 Å². The Morgan fingerprint density at radius 3 is 2.71 bits per heavy atom. The van der Waals surface area contributed by atoms with E-state index in [1.54, 1.807) is 31.7 Å². The van der Waals surface area contributed by atoms with Crippen molar-refractivity contribution in [2.24, 2.45) is 0 Å². The van der Waals surface area contributed by atoms with Crippen LogP contribution in [0.4, 0.5) is 5.69 Å². The minimum Gasteiger partial charge on any atom is -0.480 e. The molecule has 0 saturated heterocycles. The van der Waals surface area contributed by atoms with Crippen molar-refractivity contribution in [3.8, 4) is 5.88 Å². The number of nitrogens with zero attached hydrogens (tertiary/aromatic N) is 2. The van der Waals surface area contributed by atoms with Crippen LogP contribution in [0.5, 0.6) is 5.88 Å². The smallest absolute Gasteiger partial charge is 0.228 e. The fourth-order valence-electron chi connectivity index (χ4n) is 1.63. The Morgan fingerprint density at radius 1 is 1.24 bits per heavy atom. The molecule has 108 valence electrons. The highest BCUT2D eigenvalue weighted by Crippen LogP contribution is 2.30. The number of nitrogens with one attached hydrogen (secondary N) is 1. The number of rotatable bonds is 6. The van der Waals surface area contributed by atoms with Gasteiger partial charge in [0.1, 0.15) is 0 Å². The van der Waals surface area contributed by atoms with Gasteiger partial charge in [-0.25, -0.2) is 4.98 Å². The zero-order valence-electron chi connectivity index (χ0n) is 11.5. The molecule has 0 bridgehead atoms. The van der Waals surface area contributed by atoms with E-state index in [4.69, 9.17) is 4.74 Å². The number of aromatic nitrogens is 2. The van der Waals surface area contributed by atoms with E-state index >= 15 is 0 Å². The summed E-state index contributed by atoms with van der Waals surface area (Å²) in [6.45, 7) is 7.51.